The summed E-state index contributed by atoms with van der Waals surface area (Å²) in [7, 11) is 0. The molecular formula is C13H17ClO2. The van der Waals surface area contributed by atoms with E-state index >= 15 is 0 Å². The molecule has 0 radical (unpaired) electrons. The van der Waals surface area contributed by atoms with Gasteiger partial charge in [0, 0.05) is 11.4 Å². The number of halogens is 1. The molecule has 0 saturated carbocycles. The Bertz CT molecular complexity index is 336. The van der Waals surface area contributed by atoms with E-state index in [0.717, 1.165) is 25.0 Å². The van der Waals surface area contributed by atoms with Gasteiger partial charge < -0.3 is 4.74 Å². The van der Waals surface area contributed by atoms with E-state index in [0.29, 0.717) is 18.1 Å². The second kappa shape index (κ2) is 7.29. The first-order chi connectivity index (χ1) is 7.74. The third-order valence-electron chi connectivity index (χ3n) is 2.29. The van der Waals surface area contributed by atoms with Crippen molar-refractivity contribution in [1.29, 1.82) is 0 Å². The SMILES string of the molecule is CC(=O)c1cccc(OCCCCCCl)c1. The highest BCUT2D eigenvalue weighted by atomic mass is 35.5. The quantitative estimate of drug-likeness (QED) is 0.413. The van der Waals surface area contributed by atoms with Crippen LogP contribution in [0.1, 0.15) is 36.5 Å². The van der Waals surface area contributed by atoms with E-state index in [-0.39, 0.29) is 5.78 Å². The first kappa shape index (κ1) is 13.0. The Morgan fingerprint density at radius 2 is 2.12 bits per heavy atom. The molecule has 88 valence electrons. The number of carbonyl (C=O) groups excluding carboxylic acids is 1. The van der Waals surface area contributed by atoms with Gasteiger partial charge in [-0.25, -0.2) is 0 Å². The van der Waals surface area contributed by atoms with Gasteiger partial charge in [-0.1, -0.05) is 12.1 Å². The van der Waals surface area contributed by atoms with Crippen molar-refractivity contribution in [3.63, 3.8) is 0 Å². The van der Waals surface area contributed by atoms with Gasteiger partial charge in [0.25, 0.3) is 0 Å². The molecule has 0 aromatic heterocycles. The Labute approximate surface area is 102 Å². The summed E-state index contributed by atoms with van der Waals surface area (Å²) in [5, 5.41) is 0. The van der Waals surface area contributed by atoms with Crippen LogP contribution in [0.4, 0.5) is 0 Å². The highest BCUT2D eigenvalue weighted by Gasteiger charge is 2.00. The maximum Gasteiger partial charge on any atom is 0.159 e. The number of hydrogen-bond acceptors (Lipinski definition) is 2. The predicted molar refractivity (Wildman–Crippen MR) is 66.5 cm³/mol. The summed E-state index contributed by atoms with van der Waals surface area (Å²) in [6.45, 7) is 2.23. The number of alkyl halides is 1. The summed E-state index contributed by atoms with van der Waals surface area (Å²) in [6.07, 6.45) is 3.10. The van der Waals surface area contributed by atoms with Crippen molar-refractivity contribution < 1.29 is 9.53 Å². The molecule has 0 aliphatic rings. The highest BCUT2D eigenvalue weighted by Crippen LogP contribution is 2.14. The number of ketones is 1. The molecule has 2 nitrogen and oxygen atoms in total. The molecule has 0 spiro atoms. The molecule has 0 aliphatic heterocycles. The van der Waals surface area contributed by atoms with Crippen LogP contribution in [0.25, 0.3) is 0 Å². The van der Waals surface area contributed by atoms with Crippen LogP contribution in [-0.4, -0.2) is 18.3 Å². The zero-order valence-corrected chi connectivity index (χ0v) is 10.3. The first-order valence-electron chi connectivity index (χ1n) is 5.54. The van der Waals surface area contributed by atoms with Crippen LogP contribution in [0.15, 0.2) is 24.3 Å². The molecule has 3 heteroatoms. The lowest BCUT2D eigenvalue weighted by atomic mass is 10.1. The monoisotopic (exact) mass is 240 g/mol. The second-order valence-corrected chi connectivity index (χ2v) is 4.06. The first-order valence-corrected chi connectivity index (χ1v) is 6.07. The van der Waals surface area contributed by atoms with E-state index in [2.05, 4.69) is 0 Å². The van der Waals surface area contributed by atoms with Gasteiger partial charge in [0.15, 0.2) is 5.78 Å². The summed E-state index contributed by atoms with van der Waals surface area (Å²) < 4.78 is 5.55. The summed E-state index contributed by atoms with van der Waals surface area (Å²) in [5.74, 6) is 1.53. The van der Waals surface area contributed by atoms with E-state index < -0.39 is 0 Å². The molecule has 0 fully saturated rings. The summed E-state index contributed by atoms with van der Waals surface area (Å²) >= 11 is 5.57. The molecule has 0 amide bonds. The second-order valence-electron chi connectivity index (χ2n) is 3.68. The average molecular weight is 241 g/mol. The highest BCUT2D eigenvalue weighted by molar-refractivity contribution is 6.17. The van der Waals surface area contributed by atoms with E-state index in [1.54, 1.807) is 19.1 Å². The number of benzene rings is 1. The van der Waals surface area contributed by atoms with Crippen molar-refractivity contribution in [3.05, 3.63) is 29.8 Å². The minimum atomic E-state index is 0.0626. The lowest BCUT2D eigenvalue weighted by Crippen LogP contribution is -1.99. The number of Topliss-reactive ketones (excluding diaryl/α,β-unsaturated/α-hetero) is 1. The zero-order valence-electron chi connectivity index (χ0n) is 9.54. The van der Waals surface area contributed by atoms with Crippen molar-refractivity contribution in [2.75, 3.05) is 12.5 Å². The standard InChI is InChI=1S/C13H17ClO2/c1-11(15)12-6-5-7-13(10-12)16-9-4-2-3-8-14/h5-7,10H,2-4,8-9H2,1H3. The van der Waals surface area contributed by atoms with Crippen LogP contribution in [-0.2, 0) is 0 Å². The topological polar surface area (TPSA) is 26.3 Å². The van der Waals surface area contributed by atoms with Crippen LogP contribution >= 0.6 is 11.6 Å². The normalized spacial score (nSPS) is 10.1. The van der Waals surface area contributed by atoms with E-state index in [4.69, 9.17) is 16.3 Å². The predicted octanol–water partition coefficient (Wildman–Crippen LogP) is 3.68. The fourth-order valence-electron chi connectivity index (χ4n) is 1.37. The lowest BCUT2D eigenvalue weighted by molar-refractivity contribution is 0.101. The smallest absolute Gasteiger partial charge is 0.159 e. The number of unbranched alkanes of at least 4 members (excludes halogenated alkanes) is 2. The van der Waals surface area contributed by atoms with Gasteiger partial charge in [0.05, 0.1) is 6.61 Å². The number of carbonyl (C=O) groups is 1. The number of ether oxygens (including phenoxy) is 1. The van der Waals surface area contributed by atoms with Gasteiger partial charge in [-0.15, -0.1) is 11.6 Å². The minimum Gasteiger partial charge on any atom is -0.494 e. The maximum absolute atomic E-state index is 11.1. The van der Waals surface area contributed by atoms with Gasteiger partial charge in [-0.3, -0.25) is 4.79 Å². The van der Waals surface area contributed by atoms with Crippen LogP contribution in [0.3, 0.4) is 0 Å². The Balaban J connectivity index is 2.36. The molecule has 0 aliphatic carbocycles. The number of rotatable bonds is 7. The van der Waals surface area contributed by atoms with Gasteiger partial charge >= 0.3 is 0 Å². The Morgan fingerprint density at radius 1 is 1.31 bits per heavy atom. The molecule has 0 N–H and O–H groups in total. The molecular weight excluding hydrogens is 224 g/mol. The van der Waals surface area contributed by atoms with Crippen LogP contribution in [0.5, 0.6) is 5.75 Å². The van der Waals surface area contributed by atoms with Gasteiger partial charge in [-0.05, 0) is 38.3 Å². The third kappa shape index (κ3) is 4.67. The van der Waals surface area contributed by atoms with Crippen molar-refractivity contribution in [3.8, 4) is 5.75 Å². The van der Waals surface area contributed by atoms with E-state index in [1.165, 1.54) is 0 Å². The maximum atomic E-state index is 11.1. The minimum absolute atomic E-state index is 0.0626. The van der Waals surface area contributed by atoms with Gasteiger partial charge in [0.1, 0.15) is 5.75 Å². The van der Waals surface area contributed by atoms with Crippen LogP contribution in [0.2, 0.25) is 0 Å². The summed E-state index contributed by atoms with van der Waals surface area (Å²) in [6, 6.07) is 7.28. The van der Waals surface area contributed by atoms with Crippen molar-refractivity contribution >= 4 is 17.4 Å². The Hall–Kier alpha value is -1.02. The number of hydrogen-bond donors (Lipinski definition) is 0. The zero-order chi connectivity index (χ0) is 11.8. The molecule has 1 rings (SSSR count). The average Bonchev–Trinajstić information content (AvgIpc) is 2.29. The third-order valence-corrected chi connectivity index (χ3v) is 2.55. The molecule has 0 bridgehead atoms. The van der Waals surface area contributed by atoms with E-state index in [1.807, 2.05) is 12.1 Å². The fourth-order valence-corrected chi connectivity index (χ4v) is 1.56. The molecule has 0 heterocycles. The molecule has 1 aromatic carbocycles. The van der Waals surface area contributed by atoms with Crippen molar-refractivity contribution in [1.82, 2.24) is 0 Å². The lowest BCUT2D eigenvalue weighted by Gasteiger charge is -2.06. The fraction of sp³-hybridized carbons (Fsp3) is 0.462. The van der Waals surface area contributed by atoms with Crippen molar-refractivity contribution in [2.45, 2.75) is 26.2 Å². The molecule has 0 unspecified atom stereocenters. The Kier molecular flexibility index (Phi) is 5.94. The van der Waals surface area contributed by atoms with Crippen molar-refractivity contribution in [2.24, 2.45) is 0 Å². The van der Waals surface area contributed by atoms with E-state index in [9.17, 15) is 4.79 Å². The van der Waals surface area contributed by atoms with Gasteiger partial charge in [-0.2, -0.15) is 0 Å². The van der Waals surface area contributed by atoms with Gasteiger partial charge in [0.2, 0.25) is 0 Å². The molecule has 0 saturated heterocycles. The largest absolute Gasteiger partial charge is 0.494 e. The molecule has 16 heavy (non-hydrogen) atoms. The molecule has 1 aromatic rings. The summed E-state index contributed by atoms with van der Waals surface area (Å²) in [5.41, 5.74) is 0.693. The van der Waals surface area contributed by atoms with Crippen LogP contribution < -0.4 is 4.74 Å². The Morgan fingerprint density at radius 3 is 2.81 bits per heavy atom. The van der Waals surface area contributed by atoms with Crippen LogP contribution in [0, 0.1) is 0 Å². The summed E-state index contributed by atoms with van der Waals surface area (Å²) in [4.78, 5) is 11.1. The molecule has 0 atom stereocenters.